The highest BCUT2D eigenvalue weighted by atomic mass is 16.1. The molecule has 6 atom stereocenters. The molecular formula is C20H26O2. The van der Waals surface area contributed by atoms with E-state index in [-0.39, 0.29) is 23.0 Å². The lowest BCUT2D eigenvalue weighted by molar-refractivity contribution is -0.140. The smallest absolute Gasteiger partial charge is 0.178 e. The number of hydrogen-bond acceptors (Lipinski definition) is 2. The van der Waals surface area contributed by atoms with E-state index in [1.807, 2.05) is 6.92 Å². The van der Waals surface area contributed by atoms with E-state index in [0.29, 0.717) is 23.0 Å². The monoisotopic (exact) mass is 298 g/mol. The number of ketones is 2. The first kappa shape index (κ1) is 14.4. The Morgan fingerprint density at radius 1 is 1.09 bits per heavy atom. The van der Waals surface area contributed by atoms with Gasteiger partial charge in [0.15, 0.2) is 5.78 Å². The molecule has 0 aromatic heterocycles. The first-order valence-electron chi connectivity index (χ1n) is 8.86. The summed E-state index contributed by atoms with van der Waals surface area (Å²) in [5.41, 5.74) is 1.37. The molecule has 0 aromatic rings. The molecule has 2 heteroatoms. The molecule has 4 rings (SSSR count). The van der Waals surface area contributed by atoms with Gasteiger partial charge in [0.1, 0.15) is 5.78 Å². The summed E-state index contributed by atoms with van der Waals surface area (Å²) in [6.45, 7) is 6.70. The average Bonchev–Trinajstić information content (AvgIpc) is 2.88. The molecule has 0 heterocycles. The summed E-state index contributed by atoms with van der Waals surface area (Å²) in [4.78, 5) is 25.0. The number of fused-ring (bicyclic) bond motifs is 5. The van der Waals surface area contributed by atoms with E-state index in [1.165, 1.54) is 25.7 Å². The summed E-state index contributed by atoms with van der Waals surface area (Å²) in [6, 6.07) is 0. The van der Waals surface area contributed by atoms with E-state index < -0.39 is 0 Å². The average molecular weight is 298 g/mol. The van der Waals surface area contributed by atoms with Gasteiger partial charge in [-0.05, 0) is 60.7 Å². The molecule has 0 N–H and O–H groups in total. The fourth-order valence-corrected chi connectivity index (χ4v) is 6.28. The predicted octanol–water partition coefficient (Wildman–Crippen LogP) is 4.11. The molecule has 0 unspecified atom stereocenters. The van der Waals surface area contributed by atoms with Crippen molar-refractivity contribution in [2.75, 3.05) is 0 Å². The van der Waals surface area contributed by atoms with Crippen LogP contribution in [0.25, 0.3) is 0 Å². The van der Waals surface area contributed by atoms with Gasteiger partial charge < -0.3 is 0 Å². The minimum absolute atomic E-state index is 0.0482. The molecule has 3 saturated carbocycles. The van der Waals surface area contributed by atoms with Crippen LogP contribution < -0.4 is 0 Å². The third-order valence-electron chi connectivity index (χ3n) is 7.56. The quantitative estimate of drug-likeness (QED) is 0.674. The van der Waals surface area contributed by atoms with Crippen molar-refractivity contribution in [3.8, 4) is 0 Å². The Labute approximate surface area is 133 Å². The van der Waals surface area contributed by atoms with Crippen LogP contribution in [-0.2, 0) is 9.59 Å². The number of Topliss-reactive ketones (excluding diaryl/α,β-unsaturated/α-hetero) is 1. The van der Waals surface area contributed by atoms with Gasteiger partial charge in [-0.15, -0.1) is 0 Å². The third-order valence-corrected chi connectivity index (χ3v) is 7.56. The van der Waals surface area contributed by atoms with Gasteiger partial charge in [0.2, 0.25) is 0 Å². The largest absolute Gasteiger partial charge is 0.299 e. The second kappa shape index (κ2) is 4.43. The minimum atomic E-state index is -0.0944. The molecule has 2 nitrogen and oxygen atoms in total. The highest BCUT2D eigenvalue weighted by Gasteiger charge is 2.60. The SMILES string of the molecule is C[C@H]1C(=O)[C@H]2[C@@H]3CCC[C@@]3(C)CC[C@@H]2[C@@]2(C)C=CC(=O)C=C12. The van der Waals surface area contributed by atoms with Gasteiger partial charge >= 0.3 is 0 Å². The molecule has 0 saturated heterocycles. The lowest BCUT2D eigenvalue weighted by Gasteiger charge is -2.56. The van der Waals surface area contributed by atoms with Crippen molar-refractivity contribution in [1.29, 1.82) is 0 Å². The lowest BCUT2D eigenvalue weighted by Crippen LogP contribution is -2.54. The first-order valence-corrected chi connectivity index (χ1v) is 8.86. The molecule has 0 aromatic carbocycles. The van der Waals surface area contributed by atoms with Crippen molar-refractivity contribution in [3.63, 3.8) is 0 Å². The zero-order chi connectivity index (χ0) is 15.7. The molecule has 118 valence electrons. The van der Waals surface area contributed by atoms with E-state index in [4.69, 9.17) is 0 Å². The highest BCUT2D eigenvalue weighted by Crippen LogP contribution is 2.64. The summed E-state index contributed by atoms with van der Waals surface area (Å²) in [7, 11) is 0. The maximum Gasteiger partial charge on any atom is 0.178 e. The summed E-state index contributed by atoms with van der Waals surface area (Å²) in [6.07, 6.45) is 11.7. The topological polar surface area (TPSA) is 34.1 Å². The van der Waals surface area contributed by atoms with E-state index in [0.717, 1.165) is 12.0 Å². The van der Waals surface area contributed by atoms with Gasteiger partial charge in [0.25, 0.3) is 0 Å². The zero-order valence-electron chi connectivity index (χ0n) is 13.9. The Morgan fingerprint density at radius 3 is 2.64 bits per heavy atom. The molecule has 0 aliphatic heterocycles. The van der Waals surface area contributed by atoms with Crippen molar-refractivity contribution in [2.24, 2.45) is 34.5 Å². The molecule has 0 spiro atoms. The second-order valence-electron chi connectivity index (χ2n) is 8.57. The molecule has 0 amide bonds. The van der Waals surface area contributed by atoms with Crippen molar-refractivity contribution < 1.29 is 9.59 Å². The Balaban J connectivity index is 1.82. The van der Waals surface area contributed by atoms with Crippen molar-refractivity contribution >= 4 is 11.6 Å². The Kier molecular flexibility index (Phi) is 2.90. The van der Waals surface area contributed by atoms with Crippen LogP contribution in [0, 0.1) is 34.5 Å². The van der Waals surface area contributed by atoms with Crippen molar-refractivity contribution in [1.82, 2.24) is 0 Å². The number of carbonyl (C=O) groups is 2. The van der Waals surface area contributed by atoms with Crippen LogP contribution in [-0.4, -0.2) is 11.6 Å². The van der Waals surface area contributed by atoms with E-state index in [1.54, 1.807) is 12.2 Å². The van der Waals surface area contributed by atoms with Crippen LogP contribution in [0.5, 0.6) is 0 Å². The fourth-order valence-electron chi connectivity index (χ4n) is 6.28. The number of allylic oxidation sites excluding steroid dienone is 4. The van der Waals surface area contributed by atoms with Crippen molar-refractivity contribution in [3.05, 3.63) is 23.8 Å². The molecule has 0 bridgehead atoms. The molecule has 0 radical (unpaired) electrons. The molecule has 22 heavy (non-hydrogen) atoms. The summed E-state index contributed by atoms with van der Waals surface area (Å²) < 4.78 is 0. The van der Waals surface area contributed by atoms with Gasteiger partial charge in [0, 0.05) is 17.3 Å². The number of rotatable bonds is 0. The maximum atomic E-state index is 13.2. The minimum Gasteiger partial charge on any atom is -0.299 e. The van der Waals surface area contributed by atoms with E-state index >= 15 is 0 Å². The van der Waals surface area contributed by atoms with Gasteiger partial charge in [-0.25, -0.2) is 0 Å². The van der Waals surface area contributed by atoms with Crippen LogP contribution in [0.15, 0.2) is 23.8 Å². The third kappa shape index (κ3) is 1.67. The van der Waals surface area contributed by atoms with Crippen LogP contribution in [0.3, 0.4) is 0 Å². The Morgan fingerprint density at radius 2 is 1.86 bits per heavy atom. The normalized spacial score (nSPS) is 50.2. The van der Waals surface area contributed by atoms with E-state index in [9.17, 15) is 9.59 Å². The fraction of sp³-hybridized carbons (Fsp3) is 0.700. The van der Waals surface area contributed by atoms with Gasteiger partial charge in [-0.3, -0.25) is 9.59 Å². The summed E-state index contributed by atoms with van der Waals surface area (Å²) in [5.74, 6) is 1.52. The van der Waals surface area contributed by atoms with Crippen molar-refractivity contribution in [2.45, 2.75) is 52.9 Å². The van der Waals surface area contributed by atoms with E-state index in [2.05, 4.69) is 19.9 Å². The van der Waals surface area contributed by atoms with Crippen LogP contribution in [0.1, 0.15) is 52.9 Å². The lowest BCUT2D eigenvalue weighted by atomic mass is 9.46. The molecule has 4 aliphatic carbocycles. The first-order chi connectivity index (χ1) is 10.4. The van der Waals surface area contributed by atoms with Crippen LogP contribution >= 0.6 is 0 Å². The predicted molar refractivity (Wildman–Crippen MR) is 86.2 cm³/mol. The number of carbonyl (C=O) groups excluding carboxylic acids is 2. The molecule has 3 fully saturated rings. The Bertz CT molecular complexity index is 613. The van der Waals surface area contributed by atoms with Crippen LogP contribution in [0.4, 0.5) is 0 Å². The van der Waals surface area contributed by atoms with Gasteiger partial charge in [-0.1, -0.05) is 33.3 Å². The summed E-state index contributed by atoms with van der Waals surface area (Å²) >= 11 is 0. The van der Waals surface area contributed by atoms with Gasteiger partial charge in [-0.2, -0.15) is 0 Å². The molecule has 4 aliphatic rings. The standard InChI is InChI=1S/C20H26O2/c1-12-16-11-13(21)6-10-20(16,3)15-7-9-19(2)8-4-5-14(19)17(15)18(12)22/h6,10-12,14-15,17H,4-5,7-9H2,1-3H3/t12-,14+,15+,17+,19+,20-/m1/s1. The zero-order valence-corrected chi connectivity index (χ0v) is 13.9. The number of hydrogen-bond donors (Lipinski definition) is 0. The highest BCUT2D eigenvalue weighted by molar-refractivity contribution is 6.03. The molecular weight excluding hydrogens is 272 g/mol. The van der Waals surface area contributed by atoms with Gasteiger partial charge in [0.05, 0.1) is 0 Å². The maximum absolute atomic E-state index is 13.2. The Hall–Kier alpha value is -1.18. The second-order valence-corrected chi connectivity index (χ2v) is 8.57. The van der Waals surface area contributed by atoms with Crippen LogP contribution in [0.2, 0.25) is 0 Å². The summed E-state index contributed by atoms with van der Waals surface area (Å²) in [5, 5.41) is 0.